The van der Waals surface area contributed by atoms with E-state index in [0.717, 1.165) is 49.9 Å². The van der Waals surface area contributed by atoms with Crippen molar-refractivity contribution in [1.82, 2.24) is 30.0 Å². The van der Waals surface area contributed by atoms with E-state index in [4.69, 9.17) is 16.3 Å². The lowest BCUT2D eigenvalue weighted by atomic mass is 10.1. The molecule has 0 bridgehead atoms. The van der Waals surface area contributed by atoms with E-state index in [1.54, 1.807) is 25.1 Å². The Hall–Kier alpha value is -2.78. The molecule has 2 saturated heterocycles. The highest BCUT2D eigenvalue weighted by molar-refractivity contribution is 6.30. The van der Waals surface area contributed by atoms with Gasteiger partial charge in [0.2, 0.25) is 11.8 Å². The van der Waals surface area contributed by atoms with Gasteiger partial charge in [0.05, 0.1) is 12.6 Å². The number of amides is 2. The molecule has 1 aromatic carbocycles. The second-order valence-electron chi connectivity index (χ2n) is 8.82. The van der Waals surface area contributed by atoms with Crippen molar-refractivity contribution in [3.8, 4) is 0 Å². The summed E-state index contributed by atoms with van der Waals surface area (Å²) < 4.78 is 5.86. The highest BCUT2D eigenvalue weighted by Crippen LogP contribution is 2.20. The lowest BCUT2D eigenvalue weighted by Gasteiger charge is -2.32. The summed E-state index contributed by atoms with van der Waals surface area (Å²) in [6.07, 6.45) is 8.23. The number of carbonyl (C=O) groups is 2. The van der Waals surface area contributed by atoms with Gasteiger partial charge in [-0.1, -0.05) is 17.7 Å². The Kier molecular flexibility index (Phi) is 8.29. The molecule has 0 unspecified atom stereocenters. The van der Waals surface area contributed by atoms with Crippen LogP contribution in [0.5, 0.6) is 0 Å². The zero-order valence-electron chi connectivity index (χ0n) is 19.5. The van der Waals surface area contributed by atoms with Gasteiger partial charge in [0.25, 0.3) is 0 Å². The van der Waals surface area contributed by atoms with E-state index in [9.17, 15) is 9.59 Å². The summed E-state index contributed by atoms with van der Waals surface area (Å²) in [5.41, 5.74) is 1.78. The quantitative estimate of drug-likeness (QED) is 0.558. The normalized spacial score (nSPS) is 17.5. The van der Waals surface area contributed by atoms with Crippen molar-refractivity contribution in [3.05, 3.63) is 46.2 Å². The molecule has 3 heterocycles. The minimum absolute atomic E-state index is 0.0169. The Balaban J connectivity index is 1.27. The van der Waals surface area contributed by atoms with Crippen molar-refractivity contribution in [3.63, 3.8) is 0 Å². The average molecular weight is 487 g/mol. The van der Waals surface area contributed by atoms with Crippen molar-refractivity contribution in [1.29, 1.82) is 0 Å². The topological polar surface area (TPSA) is 93.4 Å². The van der Waals surface area contributed by atoms with Crippen LogP contribution in [0.2, 0.25) is 5.02 Å². The van der Waals surface area contributed by atoms with Gasteiger partial charge in [-0.2, -0.15) is 4.80 Å². The molecule has 2 aliphatic rings. The molecule has 34 heavy (non-hydrogen) atoms. The summed E-state index contributed by atoms with van der Waals surface area (Å²) in [5, 5.41) is 12.7. The molecule has 1 aromatic heterocycles. The van der Waals surface area contributed by atoms with Gasteiger partial charge < -0.3 is 14.5 Å². The second-order valence-corrected chi connectivity index (χ2v) is 9.26. The molecule has 2 fully saturated rings. The Labute approximate surface area is 204 Å². The number of likely N-dealkylation sites (tertiary alicyclic amines) is 2. The molecule has 2 aliphatic heterocycles. The first kappa shape index (κ1) is 24.3. The van der Waals surface area contributed by atoms with Gasteiger partial charge in [0, 0.05) is 37.3 Å². The van der Waals surface area contributed by atoms with Gasteiger partial charge >= 0.3 is 0 Å². The molecular weight excluding hydrogens is 456 g/mol. The predicted molar refractivity (Wildman–Crippen MR) is 128 cm³/mol. The van der Waals surface area contributed by atoms with Crippen molar-refractivity contribution in [2.24, 2.45) is 0 Å². The second kappa shape index (κ2) is 11.6. The fraction of sp³-hybridized carbons (Fsp3) is 0.542. The fourth-order valence-electron chi connectivity index (χ4n) is 4.35. The number of benzene rings is 1. The number of halogens is 1. The molecule has 0 spiro atoms. The summed E-state index contributed by atoms with van der Waals surface area (Å²) >= 11 is 6.18. The van der Waals surface area contributed by atoms with Crippen LogP contribution in [-0.2, 0) is 20.9 Å². The number of ether oxygens (including phenoxy) is 1. The standard InChI is InChI=1S/C24H31ClN6O3/c1-18-26-28-31(27-18)16-20-15-21(25)7-5-19(20)6-8-23(32)30-13-9-22(10-14-30)34-17-24(33)29-11-3-2-4-12-29/h5-8,15,22H,2-4,9-14,16-17H2,1H3. The third-order valence-electron chi connectivity index (χ3n) is 6.28. The number of rotatable bonds is 7. The van der Waals surface area contributed by atoms with E-state index in [2.05, 4.69) is 15.4 Å². The minimum atomic E-state index is -0.0431. The van der Waals surface area contributed by atoms with Crippen molar-refractivity contribution in [2.45, 2.75) is 51.7 Å². The van der Waals surface area contributed by atoms with Crippen LogP contribution in [0.1, 0.15) is 49.1 Å². The van der Waals surface area contributed by atoms with Gasteiger partial charge in [-0.05, 0) is 73.6 Å². The van der Waals surface area contributed by atoms with E-state index in [1.165, 1.54) is 11.2 Å². The Morgan fingerprint density at radius 3 is 2.59 bits per heavy atom. The first-order valence-corrected chi connectivity index (χ1v) is 12.2. The Morgan fingerprint density at radius 2 is 1.88 bits per heavy atom. The average Bonchev–Trinajstić information content (AvgIpc) is 3.27. The number of piperidine rings is 2. The maximum absolute atomic E-state index is 12.8. The number of nitrogens with zero attached hydrogens (tertiary/aromatic N) is 6. The monoisotopic (exact) mass is 486 g/mol. The highest BCUT2D eigenvalue weighted by Gasteiger charge is 2.24. The van der Waals surface area contributed by atoms with Crippen LogP contribution in [0.4, 0.5) is 0 Å². The molecule has 0 aliphatic carbocycles. The smallest absolute Gasteiger partial charge is 0.248 e. The minimum Gasteiger partial charge on any atom is -0.368 e. The highest BCUT2D eigenvalue weighted by atomic mass is 35.5. The van der Waals surface area contributed by atoms with Crippen LogP contribution in [-0.4, -0.2) is 80.7 Å². The summed E-state index contributed by atoms with van der Waals surface area (Å²) in [5.74, 6) is 0.632. The number of aromatic nitrogens is 4. The zero-order valence-corrected chi connectivity index (χ0v) is 20.3. The van der Waals surface area contributed by atoms with Crippen molar-refractivity contribution in [2.75, 3.05) is 32.8 Å². The largest absolute Gasteiger partial charge is 0.368 e. The predicted octanol–water partition coefficient (Wildman–Crippen LogP) is 2.72. The van der Waals surface area contributed by atoms with Crippen molar-refractivity contribution < 1.29 is 14.3 Å². The molecule has 0 saturated carbocycles. The first-order chi connectivity index (χ1) is 16.5. The van der Waals surface area contributed by atoms with Crippen LogP contribution in [0.15, 0.2) is 24.3 Å². The Morgan fingerprint density at radius 1 is 1.12 bits per heavy atom. The SMILES string of the molecule is Cc1nnn(Cc2cc(Cl)ccc2C=CC(=O)N2CCC(OCC(=O)N3CCCCC3)CC2)n1. The van der Waals surface area contributed by atoms with Gasteiger partial charge in [-0.15, -0.1) is 10.2 Å². The molecule has 0 radical (unpaired) electrons. The third-order valence-corrected chi connectivity index (χ3v) is 6.52. The van der Waals surface area contributed by atoms with E-state index in [0.29, 0.717) is 30.5 Å². The van der Waals surface area contributed by atoms with E-state index in [1.807, 2.05) is 21.9 Å². The molecule has 182 valence electrons. The van der Waals surface area contributed by atoms with Crippen LogP contribution >= 0.6 is 11.6 Å². The molecule has 9 nitrogen and oxygen atoms in total. The number of hydrogen-bond donors (Lipinski definition) is 0. The molecule has 0 N–H and O–H groups in total. The van der Waals surface area contributed by atoms with E-state index in [-0.39, 0.29) is 24.5 Å². The number of hydrogen-bond acceptors (Lipinski definition) is 6. The molecule has 2 aromatic rings. The van der Waals surface area contributed by atoms with E-state index < -0.39 is 0 Å². The summed E-state index contributed by atoms with van der Waals surface area (Å²) in [6.45, 7) is 5.23. The summed E-state index contributed by atoms with van der Waals surface area (Å²) in [6, 6.07) is 5.52. The molecule has 0 atom stereocenters. The maximum atomic E-state index is 12.8. The number of tetrazole rings is 1. The number of carbonyl (C=O) groups excluding carboxylic acids is 2. The van der Waals surface area contributed by atoms with Crippen LogP contribution in [0.25, 0.3) is 6.08 Å². The Bertz CT molecular complexity index is 1030. The number of aryl methyl sites for hydroxylation is 1. The van der Waals surface area contributed by atoms with Crippen LogP contribution in [0.3, 0.4) is 0 Å². The lowest BCUT2D eigenvalue weighted by Crippen LogP contribution is -2.42. The first-order valence-electron chi connectivity index (χ1n) is 11.9. The maximum Gasteiger partial charge on any atom is 0.248 e. The van der Waals surface area contributed by atoms with E-state index >= 15 is 0 Å². The molecule has 2 amide bonds. The van der Waals surface area contributed by atoms with Gasteiger partial charge in [-0.25, -0.2) is 0 Å². The van der Waals surface area contributed by atoms with Gasteiger partial charge in [-0.3, -0.25) is 9.59 Å². The molecule has 4 rings (SSSR count). The molecule has 10 heteroatoms. The fourth-order valence-corrected chi connectivity index (χ4v) is 4.54. The van der Waals surface area contributed by atoms with Crippen molar-refractivity contribution >= 4 is 29.5 Å². The third kappa shape index (κ3) is 6.64. The zero-order chi connectivity index (χ0) is 23.9. The van der Waals surface area contributed by atoms with Crippen LogP contribution < -0.4 is 0 Å². The summed E-state index contributed by atoms with van der Waals surface area (Å²) in [7, 11) is 0. The lowest BCUT2D eigenvalue weighted by molar-refractivity contribution is -0.141. The summed E-state index contributed by atoms with van der Waals surface area (Å²) in [4.78, 5) is 30.3. The van der Waals surface area contributed by atoms with Gasteiger partial charge in [0.15, 0.2) is 5.82 Å². The molecular formula is C24H31ClN6O3. The van der Waals surface area contributed by atoms with Gasteiger partial charge in [0.1, 0.15) is 6.61 Å². The van der Waals surface area contributed by atoms with Crippen LogP contribution in [0, 0.1) is 6.92 Å².